The molecule has 2 heterocycles. The maximum absolute atomic E-state index is 13.2. The van der Waals surface area contributed by atoms with Crippen LogP contribution in [0.3, 0.4) is 0 Å². The van der Waals surface area contributed by atoms with Crippen molar-refractivity contribution in [3.63, 3.8) is 0 Å². The van der Waals surface area contributed by atoms with Gasteiger partial charge in [-0.2, -0.15) is 5.26 Å². The Balaban J connectivity index is 1.25. The van der Waals surface area contributed by atoms with Crippen molar-refractivity contribution in [2.45, 2.75) is 43.7 Å². The SMILES string of the molecule is N#CCCCC(NC(=O)OCC1c2ccccc2-c2ccccc21)C(=O)N1CC2CC1C2C(=O)O. The smallest absolute Gasteiger partial charge is 0.407 e. The van der Waals surface area contributed by atoms with Crippen molar-refractivity contribution in [1.82, 2.24) is 10.2 Å². The second-order valence-corrected chi connectivity index (χ2v) is 9.49. The van der Waals surface area contributed by atoms with Gasteiger partial charge in [-0.1, -0.05) is 48.5 Å². The Kier molecular flexibility index (Phi) is 6.16. The Morgan fingerprint density at radius 1 is 1.11 bits per heavy atom. The normalized spacial score (nSPS) is 22.4. The van der Waals surface area contributed by atoms with Gasteiger partial charge in [0, 0.05) is 24.9 Å². The van der Waals surface area contributed by atoms with Crippen molar-refractivity contribution in [2.24, 2.45) is 11.8 Å². The number of carbonyl (C=O) groups is 3. The first-order chi connectivity index (χ1) is 17.0. The molecule has 2 aliphatic heterocycles. The molecule has 0 radical (unpaired) electrons. The third-order valence-corrected chi connectivity index (χ3v) is 7.58. The van der Waals surface area contributed by atoms with Gasteiger partial charge in [-0.05, 0) is 47.4 Å². The third-order valence-electron chi connectivity index (χ3n) is 7.58. The summed E-state index contributed by atoms with van der Waals surface area (Å²) >= 11 is 0. The number of benzene rings is 2. The summed E-state index contributed by atoms with van der Waals surface area (Å²) in [5.41, 5.74) is 4.45. The number of carboxylic acid groups (broad SMARTS) is 1. The van der Waals surface area contributed by atoms with Crippen LogP contribution in [0.25, 0.3) is 11.1 Å². The quantitative estimate of drug-likeness (QED) is 0.566. The van der Waals surface area contributed by atoms with Gasteiger partial charge in [0.25, 0.3) is 0 Å². The first-order valence-corrected chi connectivity index (χ1v) is 12.0. The lowest BCUT2D eigenvalue weighted by molar-refractivity contribution is -0.148. The Labute approximate surface area is 203 Å². The highest BCUT2D eigenvalue weighted by Gasteiger charge is 2.57. The summed E-state index contributed by atoms with van der Waals surface area (Å²) in [6.45, 7) is 0.524. The van der Waals surface area contributed by atoms with Gasteiger partial charge in [0.05, 0.1) is 12.0 Å². The molecule has 2 saturated heterocycles. The summed E-state index contributed by atoms with van der Waals surface area (Å²) in [5.74, 6) is -1.84. The maximum atomic E-state index is 13.2. The third kappa shape index (κ3) is 4.12. The highest BCUT2D eigenvalue weighted by molar-refractivity contribution is 5.88. The van der Waals surface area contributed by atoms with E-state index >= 15 is 0 Å². The van der Waals surface area contributed by atoms with Crippen LogP contribution in [0, 0.1) is 23.2 Å². The fourth-order valence-corrected chi connectivity index (χ4v) is 5.86. The molecule has 0 aromatic heterocycles. The van der Waals surface area contributed by atoms with Crippen LogP contribution in [0.5, 0.6) is 0 Å². The second-order valence-electron chi connectivity index (χ2n) is 9.49. The highest BCUT2D eigenvalue weighted by Crippen LogP contribution is 2.47. The van der Waals surface area contributed by atoms with E-state index in [2.05, 4.69) is 23.5 Å². The minimum atomic E-state index is -0.882. The molecule has 2 amide bonds. The molecule has 4 atom stereocenters. The number of nitrogens with one attached hydrogen (secondary N) is 1. The van der Waals surface area contributed by atoms with Crippen LogP contribution in [-0.2, 0) is 14.3 Å². The zero-order chi connectivity index (χ0) is 24.5. The predicted molar refractivity (Wildman–Crippen MR) is 126 cm³/mol. The molecule has 6 rings (SSSR count). The molecule has 2 aromatic carbocycles. The van der Waals surface area contributed by atoms with Gasteiger partial charge in [0.15, 0.2) is 0 Å². The van der Waals surface area contributed by atoms with Crippen LogP contribution in [0.4, 0.5) is 4.79 Å². The zero-order valence-electron chi connectivity index (χ0n) is 19.2. The number of carbonyl (C=O) groups excluding carboxylic acids is 2. The van der Waals surface area contributed by atoms with E-state index in [0.717, 1.165) is 22.3 Å². The minimum absolute atomic E-state index is 0.0318. The topological polar surface area (TPSA) is 120 Å². The van der Waals surface area contributed by atoms with Gasteiger partial charge in [0.1, 0.15) is 12.6 Å². The monoisotopic (exact) mass is 473 g/mol. The van der Waals surface area contributed by atoms with Crippen LogP contribution in [0.2, 0.25) is 0 Å². The summed E-state index contributed by atoms with van der Waals surface area (Å²) in [7, 11) is 0. The number of nitrogens with zero attached hydrogens (tertiary/aromatic N) is 2. The zero-order valence-corrected chi connectivity index (χ0v) is 19.2. The van der Waals surface area contributed by atoms with E-state index in [1.54, 1.807) is 4.90 Å². The first kappa shape index (κ1) is 22.9. The molecule has 2 aromatic rings. The molecule has 8 heteroatoms. The van der Waals surface area contributed by atoms with Gasteiger partial charge in [-0.3, -0.25) is 9.59 Å². The largest absolute Gasteiger partial charge is 0.481 e. The summed E-state index contributed by atoms with van der Waals surface area (Å²) in [4.78, 5) is 39.1. The Bertz CT molecular complexity index is 1160. The van der Waals surface area contributed by atoms with E-state index in [9.17, 15) is 19.5 Å². The lowest BCUT2D eigenvalue weighted by atomic mass is 9.74. The molecule has 0 spiro atoms. The first-order valence-electron chi connectivity index (χ1n) is 12.0. The Morgan fingerprint density at radius 3 is 2.37 bits per heavy atom. The number of aliphatic carboxylic acids is 1. The van der Waals surface area contributed by atoms with E-state index < -0.39 is 24.0 Å². The summed E-state index contributed by atoms with van der Waals surface area (Å²) in [6.07, 6.45) is 0.991. The Morgan fingerprint density at radius 2 is 1.77 bits per heavy atom. The molecule has 4 aliphatic rings. The van der Waals surface area contributed by atoms with Crippen LogP contribution in [0.1, 0.15) is 42.7 Å². The van der Waals surface area contributed by atoms with Gasteiger partial charge in [0.2, 0.25) is 5.91 Å². The Hall–Kier alpha value is -3.86. The number of ether oxygens (including phenoxy) is 1. The fourth-order valence-electron chi connectivity index (χ4n) is 5.86. The summed E-state index contributed by atoms with van der Waals surface area (Å²) < 4.78 is 5.61. The van der Waals surface area contributed by atoms with E-state index in [-0.39, 0.29) is 36.8 Å². The molecule has 8 nitrogen and oxygen atoms in total. The lowest BCUT2D eigenvalue weighted by Crippen LogP contribution is -2.52. The van der Waals surface area contributed by atoms with Crippen LogP contribution in [-0.4, -0.2) is 53.2 Å². The highest BCUT2D eigenvalue weighted by atomic mass is 16.5. The van der Waals surface area contributed by atoms with Crippen molar-refractivity contribution in [3.05, 3.63) is 59.7 Å². The van der Waals surface area contributed by atoms with Crippen LogP contribution >= 0.6 is 0 Å². The number of amides is 2. The number of hydrogen-bond donors (Lipinski definition) is 2. The van der Waals surface area contributed by atoms with E-state index in [4.69, 9.17) is 10.00 Å². The molecule has 2 aliphatic carbocycles. The van der Waals surface area contributed by atoms with Gasteiger partial charge >= 0.3 is 12.1 Å². The van der Waals surface area contributed by atoms with E-state index in [1.165, 1.54) is 0 Å². The number of unbranched alkanes of at least 4 members (excludes halogenated alkanes) is 1. The molecular formula is C27H27N3O5. The molecule has 2 N–H and O–H groups in total. The number of rotatable bonds is 8. The number of hydrogen-bond acceptors (Lipinski definition) is 5. The lowest BCUT2D eigenvalue weighted by Gasteiger charge is -2.34. The van der Waals surface area contributed by atoms with Crippen molar-refractivity contribution in [2.75, 3.05) is 13.2 Å². The standard InChI is InChI=1S/C27H27N3O5/c28-12-6-5-11-22(25(31)30-14-16-13-23(30)24(16)26(32)33)29-27(34)35-15-21-19-9-3-1-7-17(19)18-8-2-4-10-20(18)21/h1-4,7-10,16,21-24H,5-6,11,13-15H2,(H,29,34)(H,32,33). The van der Waals surface area contributed by atoms with Gasteiger partial charge in [-0.15, -0.1) is 0 Å². The summed E-state index contributed by atoms with van der Waals surface area (Å²) in [5, 5.41) is 21.0. The molecule has 2 bridgehead atoms. The number of carboxylic acids is 1. The minimum Gasteiger partial charge on any atom is -0.481 e. The number of nitriles is 1. The van der Waals surface area contributed by atoms with Crippen LogP contribution in [0.15, 0.2) is 48.5 Å². The van der Waals surface area contributed by atoms with Gasteiger partial charge in [-0.25, -0.2) is 4.79 Å². The van der Waals surface area contributed by atoms with Crippen molar-refractivity contribution in [3.8, 4) is 17.2 Å². The predicted octanol–water partition coefficient (Wildman–Crippen LogP) is 3.52. The maximum Gasteiger partial charge on any atom is 0.407 e. The number of fused-ring (bicyclic) bond motifs is 4. The van der Waals surface area contributed by atoms with Crippen molar-refractivity contribution >= 4 is 18.0 Å². The number of alkyl carbamates (subject to hydrolysis) is 1. The molecule has 35 heavy (non-hydrogen) atoms. The van der Waals surface area contributed by atoms with Crippen molar-refractivity contribution in [1.29, 1.82) is 5.26 Å². The average molecular weight is 474 g/mol. The molecule has 1 saturated carbocycles. The molecular weight excluding hydrogens is 446 g/mol. The average Bonchev–Trinajstić information content (AvgIpc) is 3.52. The van der Waals surface area contributed by atoms with E-state index in [0.29, 0.717) is 25.8 Å². The van der Waals surface area contributed by atoms with Crippen LogP contribution < -0.4 is 5.32 Å². The fraction of sp³-hybridized carbons (Fsp3) is 0.407. The van der Waals surface area contributed by atoms with E-state index in [1.807, 2.05) is 36.4 Å². The van der Waals surface area contributed by atoms with Gasteiger partial charge < -0.3 is 20.1 Å². The van der Waals surface area contributed by atoms with Crippen molar-refractivity contribution < 1.29 is 24.2 Å². The summed E-state index contributed by atoms with van der Waals surface area (Å²) in [6, 6.07) is 17.0. The second kappa shape index (κ2) is 9.41. The molecule has 4 unspecified atom stereocenters. The molecule has 3 fully saturated rings. The molecule has 180 valence electrons.